The number of hydrogen-bond donors (Lipinski definition) is 1. The second-order valence-corrected chi connectivity index (χ2v) is 4.38. The van der Waals surface area contributed by atoms with Gasteiger partial charge in [0.2, 0.25) is 0 Å². The predicted molar refractivity (Wildman–Crippen MR) is 70.3 cm³/mol. The normalized spacial score (nSPS) is 10.4. The highest BCUT2D eigenvalue weighted by atomic mass is 16.5. The predicted octanol–water partition coefficient (Wildman–Crippen LogP) is 3.46. The van der Waals surface area contributed by atoms with Gasteiger partial charge < -0.3 is 10.1 Å². The van der Waals surface area contributed by atoms with Crippen molar-refractivity contribution in [3.63, 3.8) is 0 Å². The standard InChI is InChI=1S/C14H21NO2/c1-4-5-10-15-12-6-8-13(9-7-12)17-14(16)11(2)3/h6-9,11,15H,4-5,10H2,1-3H3. The van der Waals surface area contributed by atoms with E-state index in [1.54, 1.807) is 0 Å². The number of hydrogen-bond acceptors (Lipinski definition) is 3. The van der Waals surface area contributed by atoms with Gasteiger partial charge in [0.05, 0.1) is 5.92 Å². The summed E-state index contributed by atoms with van der Waals surface area (Å²) in [5.41, 5.74) is 1.06. The number of carbonyl (C=O) groups is 1. The zero-order chi connectivity index (χ0) is 12.7. The topological polar surface area (TPSA) is 38.3 Å². The Labute approximate surface area is 103 Å². The SMILES string of the molecule is CCCCNc1ccc(OC(=O)C(C)C)cc1. The van der Waals surface area contributed by atoms with Crippen LogP contribution in [0.15, 0.2) is 24.3 Å². The van der Waals surface area contributed by atoms with E-state index in [4.69, 9.17) is 4.74 Å². The van der Waals surface area contributed by atoms with E-state index >= 15 is 0 Å². The van der Waals surface area contributed by atoms with Crippen LogP contribution < -0.4 is 10.1 Å². The molecule has 0 atom stereocenters. The molecule has 3 heteroatoms. The quantitative estimate of drug-likeness (QED) is 0.466. The van der Waals surface area contributed by atoms with Gasteiger partial charge in [0.15, 0.2) is 0 Å². The Bertz CT molecular complexity index is 344. The number of esters is 1. The second-order valence-electron chi connectivity index (χ2n) is 4.38. The van der Waals surface area contributed by atoms with Gasteiger partial charge in [0, 0.05) is 12.2 Å². The van der Waals surface area contributed by atoms with E-state index in [0.29, 0.717) is 5.75 Å². The van der Waals surface area contributed by atoms with Gasteiger partial charge in [0.1, 0.15) is 5.75 Å². The molecule has 0 saturated heterocycles. The Balaban J connectivity index is 2.47. The highest BCUT2D eigenvalue weighted by molar-refractivity contribution is 5.74. The molecule has 94 valence electrons. The van der Waals surface area contributed by atoms with Crippen LogP contribution in [-0.2, 0) is 4.79 Å². The first-order valence-corrected chi connectivity index (χ1v) is 6.19. The average Bonchev–Trinajstić information content (AvgIpc) is 2.31. The lowest BCUT2D eigenvalue weighted by molar-refractivity contribution is -0.137. The molecule has 1 N–H and O–H groups in total. The Hall–Kier alpha value is -1.51. The molecule has 3 nitrogen and oxygen atoms in total. The van der Waals surface area contributed by atoms with Crippen molar-refractivity contribution in [2.24, 2.45) is 5.92 Å². The molecule has 0 saturated carbocycles. The second kappa shape index (κ2) is 6.94. The molecule has 1 rings (SSSR count). The van der Waals surface area contributed by atoms with Gasteiger partial charge in [-0.05, 0) is 30.7 Å². The van der Waals surface area contributed by atoms with E-state index in [1.165, 1.54) is 6.42 Å². The Morgan fingerprint density at radius 1 is 1.29 bits per heavy atom. The number of carbonyl (C=O) groups excluding carboxylic acids is 1. The lowest BCUT2D eigenvalue weighted by atomic mass is 10.2. The van der Waals surface area contributed by atoms with Crippen molar-refractivity contribution in [1.82, 2.24) is 0 Å². The maximum Gasteiger partial charge on any atom is 0.313 e. The minimum Gasteiger partial charge on any atom is -0.426 e. The fourth-order valence-corrected chi connectivity index (χ4v) is 1.28. The summed E-state index contributed by atoms with van der Waals surface area (Å²) < 4.78 is 5.19. The Kier molecular flexibility index (Phi) is 5.53. The van der Waals surface area contributed by atoms with Crippen LogP contribution in [0.2, 0.25) is 0 Å². The van der Waals surface area contributed by atoms with Gasteiger partial charge in [-0.15, -0.1) is 0 Å². The molecule has 0 heterocycles. The van der Waals surface area contributed by atoms with Gasteiger partial charge in [0.25, 0.3) is 0 Å². The summed E-state index contributed by atoms with van der Waals surface area (Å²) in [6, 6.07) is 7.49. The summed E-state index contributed by atoms with van der Waals surface area (Å²) in [5, 5.41) is 3.31. The first-order chi connectivity index (χ1) is 8.13. The average molecular weight is 235 g/mol. The van der Waals surface area contributed by atoms with Gasteiger partial charge in [-0.25, -0.2) is 0 Å². The molecule has 0 aliphatic rings. The molecule has 0 radical (unpaired) electrons. The molecule has 0 aromatic heterocycles. The molecule has 0 spiro atoms. The molecule has 0 aliphatic heterocycles. The van der Waals surface area contributed by atoms with Gasteiger partial charge >= 0.3 is 5.97 Å². The number of ether oxygens (including phenoxy) is 1. The maximum absolute atomic E-state index is 11.4. The first kappa shape index (κ1) is 13.6. The third-order valence-electron chi connectivity index (χ3n) is 2.40. The third-order valence-corrected chi connectivity index (χ3v) is 2.40. The lowest BCUT2D eigenvalue weighted by Crippen LogP contribution is -2.14. The summed E-state index contributed by atoms with van der Waals surface area (Å²) >= 11 is 0. The molecule has 0 fully saturated rings. The van der Waals surface area contributed by atoms with Crippen LogP contribution in [-0.4, -0.2) is 12.5 Å². The van der Waals surface area contributed by atoms with Gasteiger partial charge in [-0.2, -0.15) is 0 Å². The van der Waals surface area contributed by atoms with Crippen LogP contribution in [0.25, 0.3) is 0 Å². The molecule has 0 bridgehead atoms. The van der Waals surface area contributed by atoms with Crippen molar-refractivity contribution in [1.29, 1.82) is 0 Å². The van der Waals surface area contributed by atoms with Crippen molar-refractivity contribution in [2.75, 3.05) is 11.9 Å². The zero-order valence-corrected chi connectivity index (χ0v) is 10.8. The van der Waals surface area contributed by atoms with Crippen molar-refractivity contribution in [2.45, 2.75) is 33.6 Å². The van der Waals surface area contributed by atoms with Crippen molar-refractivity contribution < 1.29 is 9.53 Å². The smallest absolute Gasteiger partial charge is 0.313 e. The molecule has 17 heavy (non-hydrogen) atoms. The molecule has 0 unspecified atom stereocenters. The molecule has 1 aromatic rings. The van der Waals surface area contributed by atoms with Crippen LogP contribution in [0.4, 0.5) is 5.69 Å². The zero-order valence-electron chi connectivity index (χ0n) is 10.8. The van der Waals surface area contributed by atoms with E-state index < -0.39 is 0 Å². The van der Waals surface area contributed by atoms with E-state index in [-0.39, 0.29) is 11.9 Å². The summed E-state index contributed by atoms with van der Waals surface area (Å²) in [5.74, 6) is 0.304. The number of benzene rings is 1. The Morgan fingerprint density at radius 2 is 1.94 bits per heavy atom. The number of nitrogens with one attached hydrogen (secondary N) is 1. The highest BCUT2D eigenvalue weighted by Gasteiger charge is 2.09. The van der Waals surface area contributed by atoms with Gasteiger partial charge in [-0.1, -0.05) is 27.2 Å². The molecular weight excluding hydrogens is 214 g/mol. The Morgan fingerprint density at radius 3 is 2.47 bits per heavy atom. The van der Waals surface area contributed by atoms with Crippen molar-refractivity contribution >= 4 is 11.7 Å². The summed E-state index contributed by atoms with van der Waals surface area (Å²) in [4.78, 5) is 11.4. The van der Waals surface area contributed by atoms with Gasteiger partial charge in [-0.3, -0.25) is 4.79 Å². The van der Waals surface area contributed by atoms with Crippen LogP contribution >= 0.6 is 0 Å². The van der Waals surface area contributed by atoms with E-state index in [9.17, 15) is 4.79 Å². The van der Waals surface area contributed by atoms with Crippen molar-refractivity contribution in [3.05, 3.63) is 24.3 Å². The van der Waals surface area contributed by atoms with Crippen LogP contribution in [0.5, 0.6) is 5.75 Å². The number of anilines is 1. The minimum atomic E-state index is -0.198. The highest BCUT2D eigenvalue weighted by Crippen LogP contribution is 2.16. The molecular formula is C14H21NO2. The first-order valence-electron chi connectivity index (χ1n) is 6.19. The van der Waals surface area contributed by atoms with Crippen LogP contribution in [0.1, 0.15) is 33.6 Å². The fraction of sp³-hybridized carbons (Fsp3) is 0.500. The van der Waals surface area contributed by atoms with Crippen LogP contribution in [0.3, 0.4) is 0 Å². The third kappa shape index (κ3) is 4.89. The van der Waals surface area contributed by atoms with Crippen LogP contribution in [0, 0.1) is 5.92 Å². The molecule has 0 amide bonds. The molecule has 0 aliphatic carbocycles. The lowest BCUT2D eigenvalue weighted by Gasteiger charge is -2.08. The summed E-state index contributed by atoms with van der Waals surface area (Å²) in [7, 11) is 0. The van der Waals surface area contributed by atoms with E-state index in [2.05, 4.69) is 12.2 Å². The largest absolute Gasteiger partial charge is 0.426 e. The number of rotatable bonds is 6. The van der Waals surface area contributed by atoms with Crippen molar-refractivity contribution in [3.8, 4) is 5.75 Å². The monoisotopic (exact) mass is 235 g/mol. The summed E-state index contributed by atoms with van der Waals surface area (Å²) in [6.45, 7) is 6.78. The fourth-order valence-electron chi connectivity index (χ4n) is 1.28. The minimum absolute atomic E-state index is 0.0997. The number of unbranched alkanes of at least 4 members (excludes halogenated alkanes) is 1. The summed E-state index contributed by atoms with van der Waals surface area (Å²) in [6.07, 6.45) is 2.33. The van der Waals surface area contributed by atoms with E-state index in [0.717, 1.165) is 18.7 Å². The van der Waals surface area contributed by atoms with E-state index in [1.807, 2.05) is 38.1 Å². The molecule has 1 aromatic carbocycles. The maximum atomic E-state index is 11.4.